The Morgan fingerprint density at radius 2 is 2.14 bits per heavy atom. The predicted octanol–water partition coefficient (Wildman–Crippen LogP) is 3.32. The number of nitrogens with two attached hydrogens (primary N) is 1. The molecule has 0 aliphatic heterocycles. The molecule has 2 rings (SSSR count). The molecule has 1 unspecified atom stereocenters. The lowest BCUT2D eigenvalue weighted by Gasteiger charge is -2.33. The summed E-state index contributed by atoms with van der Waals surface area (Å²) in [7, 11) is 1.64. The van der Waals surface area contributed by atoms with E-state index >= 15 is 0 Å². The van der Waals surface area contributed by atoms with Gasteiger partial charge in [0.05, 0.1) is 17.5 Å². The van der Waals surface area contributed by atoms with Crippen LogP contribution in [0.3, 0.4) is 0 Å². The van der Waals surface area contributed by atoms with Gasteiger partial charge in [0.2, 0.25) is 0 Å². The molecule has 0 saturated heterocycles. The van der Waals surface area contributed by atoms with Crippen LogP contribution in [-0.4, -0.2) is 25.1 Å². The number of thiophene rings is 1. The minimum Gasteiger partial charge on any atom is -0.497 e. The van der Waals surface area contributed by atoms with Gasteiger partial charge in [-0.3, -0.25) is 4.79 Å². The van der Waals surface area contributed by atoms with Crippen LogP contribution < -0.4 is 15.8 Å². The maximum Gasteiger partial charge on any atom is 0.262 e. The minimum absolute atomic E-state index is 0.0562. The summed E-state index contributed by atoms with van der Waals surface area (Å²) in [6.45, 7) is 8.50. The number of amides is 1. The van der Waals surface area contributed by atoms with Crippen LogP contribution in [-0.2, 0) is 0 Å². The number of benzene rings is 1. The van der Waals surface area contributed by atoms with Gasteiger partial charge < -0.3 is 15.8 Å². The number of nitrogens with one attached hydrogen (secondary N) is 1. The first-order chi connectivity index (χ1) is 10.3. The van der Waals surface area contributed by atoms with Crippen molar-refractivity contribution in [2.45, 2.75) is 33.2 Å². The molecule has 2 aromatic rings. The van der Waals surface area contributed by atoms with Crippen LogP contribution in [0.2, 0.25) is 0 Å². The fraction of sp³-hybridized carbons (Fsp3) is 0.471. The maximum atomic E-state index is 12.7. The van der Waals surface area contributed by atoms with Crippen molar-refractivity contribution in [2.24, 2.45) is 11.7 Å². The lowest BCUT2D eigenvalue weighted by atomic mass is 9.88. The van der Waals surface area contributed by atoms with E-state index in [2.05, 4.69) is 19.2 Å². The zero-order chi connectivity index (χ0) is 16.5. The average Bonchev–Trinajstić information content (AvgIpc) is 2.83. The second-order valence-electron chi connectivity index (χ2n) is 6.15. The maximum absolute atomic E-state index is 12.7. The molecule has 22 heavy (non-hydrogen) atoms. The molecular formula is C17H24N2O2S. The van der Waals surface area contributed by atoms with Gasteiger partial charge >= 0.3 is 0 Å². The van der Waals surface area contributed by atoms with E-state index in [0.29, 0.717) is 6.54 Å². The number of aryl methyl sites for hydroxylation is 1. The highest BCUT2D eigenvalue weighted by Crippen LogP contribution is 2.33. The molecule has 0 bridgehead atoms. The Morgan fingerprint density at radius 3 is 2.68 bits per heavy atom. The summed E-state index contributed by atoms with van der Waals surface area (Å²) in [4.78, 5) is 13.4. The molecule has 1 aromatic heterocycles. The normalized spacial score (nSPS) is 14.1. The van der Waals surface area contributed by atoms with Gasteiger partial charge in [-0.25, -0.2) is 0 Å². The van der Waals surface area contributed by atoms with E-state index in [1.807, 2.05) is 32.0 Å². The number of hydrogen-bond donors (Lipinski definition) is 2. The largest absolute Gasteiger partial charge is 0.497 e. The minimum atomic E-state index is -0.405. The smallest absolute Gasteiger partial charge is 0.262 e. The summed E-state index contributed by atoms with van der Waals surface area (Å²) in [5, 5.41) is 4.17. The molecule has 1 heterocycles. The number of carbonyl (C=O) groups excluding carboxylic acids is 1. The SMILES string of the molecule is COc1ccc2sc(C(=O)NC(C)(CN)C(C)C)c(C)c2c1. The Morgan fingerprint density at radius 1 is 1.45 bits per heavy atom. The molecule has 0 saturated carbocycles. The zero-order valence-electron chi connectivity index (χ0n) is 13.8. The number of hydrogen-bond acceptors (Lipinski definition) is 4. The topological polar surface area (TPSA) is 64.3 Å². The van der Waals surface area contributed by atoms with Crippen molar-refractivity contribution >= 4 is 27.3 Å². The van der Waals surface area contributed by atoms with Gasteiger partial charge in [-0.2, -0.15) is 0 Å². The van der Waals surface area contributed by atoms with E-state index in [1.54, 1.807) is 7.11 Å². The van der Waals surface area contributed by atoms with Crippen molar-refractivity contribution in [1.82, 2.24) is 5.32 Å². The number of ether oxygens (including phenoxy) is 1. The van der Waals surface area contributed by atoms with E-state index < -0.39 is 5.54 Å². The highest BCUT2D eigenvalue weighted by molar-refractivity contribution is 7.21. The van der Waals surface area contributed by atoms with Gasteiger partial charge in [-0.1, -0.05) is 13.8 Å². The van der Waals surface area contributed by atoms with Crippen LogP contribution in [0.4, 0.5) is 0 Å². The van der Waals surface area contributed by atoms with Crippen molar-refractivity contribution < 1.29 is 9.53 Å². The summed E-state index contributed by atoms with van der Waals surface area (Å²) in [6, 6.07) is 5.88. The quantitative estimate of drug-likeness (QED) is 0.888. The Balaban J connectivity index is 2.38. The van der Waals surface area contributed by atoms with E-state index in [1.165, 1.54) is 11.3 Å². The summed E-state index contributed by atoms with van der Waals surface area (Å²) < 4.78 is 6.35. The van der Waals surface area contributed by atoms with Gasteiger partial charge in [0.25, 0.3) is 5.91 Å². The van der Waals surface area contributed by atoms with Crippen molar-refractivity contribution in [3.05, 3.63) is 28.6 Å². The number of fused-ring (bicyclic) bond motifs is 1. The first kappa shape index (κ1) is 16.8. The van der Waals surface area contributed by atoms with Crippen molar-refractivity contribution in [3.63, 3.8) is 0 Å². The van der Waals surface area contributed by atoms with Crippen LogP contribution in [0, 0.1) is 12.8 Å². The van der Waals surface area contributed by atoms with Gasteiger partial charge in [-0.15, -0.1) is 11.3 Å². The highest BCUT2D eigenvalue weighted by atomic mass is 32.1. The summed E-state index contributed by atoms with van der Waals surface area (Å²) in [5.41, 5.74) is 6.44. The van der Waals surface area contributed by atoms with Crippen LogP contribution in [0.15, 0.2) is 18.2 Å². The third-order valence-electron chi connectivity index (χ3n) is 4.45. The predicted molar refractivity (Wildman–Crippen MR) is 92.9 cm³/mol. The summed E-state index contributed by atoms with van der Waals surface area (Å²) in [5.74, 6) is 1.00. The third kappa shape index (κ3) is 2.96. The first-order valence-corrected chi connectivity index (χ1v) is 8.23. The monoisotopic (exact) mass is 320 g/mol. The second-order valence-corrected chi connectivity index (χ2v) is 7.20. The first-order valence-electron chi connectivity index (χ1n) is 7.42. The van der Waals surface area contributed by atoms with Crippen LogP contribution in [0.1, 0.15) is 36.0 Å². The summed E-state index contributed by atoms with van der Waals surface area (Å²) in [6.07, 6.45) is 0. The summed E-state index contributed by atoms with van der Waals surface area (Å²) >= 11 is 1.51. The molecule has 4 nitrogen and oxygen atoms in total. The zero-order valence-corrected chi connectivity index (χ0v) is 14.6. The number of methoxy groups -OCH3 is 1. The van der Waals surface area contributed by atoms with Crippen molar-refractivity contribution in [1.29, 1.82) is 0 Å². The molecule has 1 atom stereocenters. The lowest BCUT2D eigenvalue weighted by molar-refractivity contribution is 0.0887. The molecule has 0 aliphatic rings. The van der Waals surface area contributed by atoms with Crippen LogP contribution in [0.5, 0.6) is 5.75 Å². The molecule has 120 valence electrons. The molecular weight excluding hydrogens is 296 g/mol. The standard InChI is InChI=1S/C17H24N2O2S/c1-10(2)17(4,9-18)19-16(20)15-11(3)13-8-12(21-5)6-7-14(13)22-15/h6-8,10H,9,18H2,1-5H3,(H,19,20). The van der Waals surface area contributed by atoms with Crippen LogP contribution in [0.25, 0.3) is 10.1 Å². The Labute approximate surface area is 135 Å². The van der Waals surface area contributed by atoms with Gasteiger partial charge in [-0.05, 0) is 48.9 Å². The molecule has 0 radical (unpaired) electrons. The van der Waals surface area contributed by atoms with E-state index in [4.69, 9.17) is 10.5 Å². The van der Waals surface area contributed by atoms with Crippen molar-refractivity contribution in [2.75, 3.05) is 13.7 Å². The van der Waals surface area contributed by atoms with E-state index in [-0.39, 0.29) is 11.8 Å². The molecule has 3 N–H and O–H groups in total. The molecule has 0 fully saturated rings. The molecule has 1 amide bonds. The average molecular weight is 320 g/mol. The Bertz CT molecular complexity index is 693. The second kappa shape index (κ2) is 6.26. The molecule has 1 aromatic carbocycles. The highest BCUT2D eigenvalue weighted by Gasteiger charge is 2.30. The van der Waals surface area contributed by atoms with Crippen molar-refractivity contribution in [3.8, 4) is 5.75 Å². The molecule has 5 heteroatoms. The fourth-order valence-electron chi connectivity index (χ4n) is 2.29. The fourth-order valence-corrected chi connectivity index (χ4v) is 3.38. The Hall–Kier alpha value is -1.59. The number of rotatable bonds is 5. The Kier molecular flexibility index (Phi) is 4.78. The van der Waals surface area contributed by atoms with E-state index in [9.17, 15) is 4.79 Å². The third-order valence-corrected chi connectivity index (χ3v) is 5.72. The molecule has 0 spiro atoms. The van der Waals surface area contributed by atoms with Crippen LogP contribution >= 0.6 is 11.3 Å². The lowest BCUT2D eigenvalue weighted by Crippen LogP contribution is -2.54. The van der Waals surface area contributed by atoms with Gasteiger partial charge in [0.15, 0.2) is 0 Å². The number of carbonyl (C=O) groups is 1. The molecule has 0 aliphatic carbocycles. The van der Waals surface area contributed by atoms with E-state index in [0.717, 1.165) is 26.3 Å². The van der Waals surface area contributed by atoms with Gasteiger partial charge in [0, 0.05) is 11.2 Å². The van der Waals surface area contributed by atoms with Gasteiger partial charge in [0.1, 0.15) is 5.75 Å².